The fraction of sp³-hybridized carbons (Fsp3) is 0.500. The van der Waals surface area contributed by atoms with Gasteiger partial charge < -0.3 is 10.1 Å². The van der Waals surface area contributed by atoms with Crippen molar-refractivity contribution < 1.29 is 22.7 Å². The number of nitrogens with one attached hydrogen (secondary N) is 1. The summed E-state index contributed by atoms with van der Waals surface area (Å²) in [4.78, 5) is 23.3. The molecule has 7 nitrogen and oxygen atoms in total. The van der Waals surface area contributed by atoms with Gasteiger partial charge in [0.25, 0.3) is 0 Å². The molecule has 3 rings (SSSR count). The molecular formula is C16H20N2O5S. The molecular weight excluding hydrogens is 332 g/mol. The number of hydrogen-bond donors (Lipinski definition) is 1. The molecule has 0 spiro atoms. The van der Waals surface area contributed by atoms with Crippen LogP contribution in [0.5, 0.6) is 0 Å². The number of anilines is 1. The van der Waals surface area contributed by atoms with E-state index in [-0.39, 0.29) is 29.1 Å². The van der Waals surface area contributed by atoms with Gasteiger partial charge in [0.15, 0.2) is 0 Å². The maximum atomic E-state index is 12.8. The number of sulfonamides is 1. The Balaban J connectivity index is 1.72. The first-order chi connectivity index (χ1) is 11.4. The van der Waals surface area contributed by atoms with Crippen LogP contribution in [-0.2, 0) is 30.8 Å². The Morgan fingerprint density at radius 1 is 1.33 bits per heavy atom. The molecule has 1 fully saturated rings. The van der Waals surface area contributed by atoms with Crippen molar-refractivity contribution in [2.45, 2.75) is 31.1 Å². The van der Waals surface area contributed by atoms with E-state index >= 15 is 0 Å². The molecule has 0 atom stereocenters. The van der Waals surface area contributed by atoms with E-state index in [1.165, 1.54) is 10.4 Å². The van der Waals surface area contributed by atoms with Crippen LogP contribution in [0.2, 0.25) is 0 Å². The summed E-state index contributed by atoms with van der Waals surface area (Å²) >= 11 is 0. The highest BCUT2D eigenvalue weighted by atomic mass is 32.2. The van der Waals surface area contributed by atoms with Crippen molar-refractivity contribution in [1.82, 2.24) is 4.31 Å². The van der Waals surface area contributed by atoms with E-state index in [1.807, 2.05) is 0 Å². The first kappa shape index (κ1) is 16.9. The van der Waals surface area contributed by atoms with Gasteiger partial charge in [-0.05, 0) is 43.5 Å². The Morgan fingerprint density at radius 2 is 2.04 bits per heavy atom. The molecule has 1 saturated heterocycles. The number of rotatable bonds is 4. The fourth-order valence-electron chi connectivity index (χ4n) is 3.11. The zero-order valence-corrected chi connectivity index (χ0v) is 14.3. The number of piperidine rings is 1. The lowest BCUT2D eigenvalue weighted by atomic mass is 9.98. The van der Waals surface area contributed by atoms with Gasteiger partial charge in [0.2, 0.25) is 15.9 Å². The number of carbonyl (C=O) groups excluding carboxylic acids is 2. The van der Waals surface area contributed by atoms with Crippen molar-refractivity contribution in [2.24, 2.45) is 5.92 Å². The molecule has 2 aliphatic rings. The van der Waals surface area contributed by atoms with Gasteiger partial charge in [0, 0.05) is 18.8 Å². The Hall–Kier alpha value is -1.93. The first-order valence-electron chi connectivity index (χ1n) is 8.01. The van der Waals surface area contributed by atoms with Crippen molar-refractivity contribution in [2.75, 3.05) is 25.0 Å². The van der Waals surface area contributed by atoms with Crippen LogP contribution >= 0.6 is 0 Å². The van der Waals surface area contributed by atoms with Crippen molar-refractivity contribution in [1.29, 1.82) is 0 Å². The smallest absolute Gasteiger partial charge is 0.309 e. The summed E-state index contributed by atoms with van der Waals surface area (Å²) in [6.07, 6.45) is 1.12. The lowest BCUT2D eigenvalue weighted by Crippen LogP contribution is -2.40. The maximum absolute atomic E-state index is 12.8. The minimum absolute atomic E-state index is 0.130. The first-order valence-corrected chi connectivity index (χ1v) is 9.45. The van der Waals surface area contributed by atoms with E-state index in [2.05, 4.69) is 5.32 Å². The summed E-state index contributed by atoms with van der Waals surface area (Å²) in [7, 11) is -3.62. The summed E-state index contributed by atoms with van der Waals surface area (Å²) in [5, 5.41) is 2.69. The normalized spacial score (nSPS) is 19.0. The van der Waals surface area contributed by atoms with Crippen molar-refractivity contribution in [3.63, 3.8) is 0 Å². The molecule has 0 radical (unpaired) electrons. The third kappa shape index (κ3) is 3.16. The van der Waals surface area contributed by atoms with E-state index in [0.717, 1.165) is 0 Å². The number of ether oxygens (including phenoxy) is 1. The molecule has 0 aromatic heterocycles. The summed E-state index contributed by atoms with van der Waals surface area (Å²) in [5.74, 6) is -0.621. The predicted molar refractivity (Wildman–Crippen MR) is 86.9 cm³/mol. The van der Waals surface area contributed by atoms with E-state index in [9.17, 15) is 18.0 Å². The third-order valence-electron chi connectivity index (χ3n) is 4.41. The Labute approximate surface area is 141 Å². The third-order valence-corrected chi connectivity index (χ3v) is 6.31. The van der Waals surface area contributed by atoms with Gasteiger partial charge in [-0.3, -0.25) is 9.59 Å². The van der Waals surface area contributed by atoms with E-state index in [0.29, 0.717) is 43.8 Å². The van der Waals surface area contributed by atoms with E-state index in [1.54, 1.807) is 19.1 Å². The summed E-state index contributed by atoms with van der Waals surface area (Å²) in [5.41, 5.74) is 1.36. The minimum atomic E-state index is -3.62. The zero-order chi connectivity index (χ0) is 17.3. The van der Waals surface area contributed by atoms with E-state index in [4.69, 9.17) is 4.74 Å². The van der Waals surface area contributed by atoms with Gasteiger partial charge in [-0.15, -0.1) is 0 Å². The highest BCUT2D eigenvalue weighted by molar-refractivity contribution is 7.89. The molecule has 1 N–H and O–H groups in total. The van der Waals surface area contributed by atoms with Gasteiger partial charge in [0.1, 0.15) is 0 Å². The number of carbonyl (C=O) groups is 2. The van der Waals surface area contributed by atoms with Crippen LogP contribution in [0.15, 0.2) is 23.1 Å². The highest BCUT2D eigenvalue weighted by Crippen LogP contribution is 2.29. The molecule has 0 unspecified atom stereocenters. The van der Waals surface area contributed by atoms with E-state index < -0.39 is 10.0 Å². The van der Waals surface area contributed by atoms with Crippen LogP contribution < -0.4 is 5.32 Å². The molecule has 2 heterocycles. The molecule has 1 aromatic carbocycles. The Bertz CT molecular complexity index is 767. The lowest BCUT2D eigenvalue weighted by molar-refractivity contribution is -0.149. The molecule has 24 heavy (non-hydrogen) atoms. The van der Waals surface area contributed by atoms with Gasteiger partial charge in [-0.1, -0.05) is 0 Å². The summed E-state index contributed by atoms with van der Waals surface area (Å²) < 4.78 is 31.9. The zero-order valence-electron chi connectivity index (χ0n) is 13.4. The second kappa shape index (κ2) is 6.52. The number of esters is 1. The second-order valence-corrected chi connectivity index (χ2v) is 7.91. The van der Waals surface area contributed by atoms with Crippen LogP contribution in [0.4, 0.5) is 5.69 Å². The fourth-order valence-corrected chi connectivity index (χ4v) is 4.63. The SMILES string of the molecule is CCOC(=O)C1CCN(S(=O)(=O)c2ccc3c(c2)CC(=O)N3)CC1. The van der Waals surface area contributed by atoms with Gasteiger partial charge >= 0.3 is 5.97 Å². The van der Waals surface area contributed by atoms with Gasteiger partial charge in [-0.25, -0.2) is 8.42 Å². The van der Waals surface area contributed by atoms with Crippen molar-refractivity contribution in [3.05, 3.63) is 23.8 Å². The standard InChI is InChI=1S/C16H20N2O5S/c1-2-23-16(20)11-5-7-18(8-6-11)24(21,22)13-3-4-14-12(9-13)10-15(19)17-14/h3-4,9,11H,2,5-8,10H2,1H3,(H,17,19). The number of fused-ring (bicyclic) bond motifs is 1. The molecule has 0 saturated carbocycles. The van der Waals surface area contributed by atoms with Crippen LogP contribution in [-0.4, -0.2) is 44.3 Å². The lowest BCUT2D eigenvalue weighted by Gasteiger charge is -2.30. The summed E-state index contributed by atoms with van der Waals surface area (Å²) in [6, 6.07) is 4.69. The van der Waals surface area contributed by atoms with Crippen LogP contribution in [0, 0.1) is 5.92 Å². The largest absolute Gasteiger partial charge is 0.466 e. The minimum Gasteiger partial charge on any atom is -0.466 e. The quantitative estimate of drug-likeness (QED) is 0.821. The average Bonchev–Trinajstić information content (AvgIpc) is 2.94. The topological polar surface area (TPSA) is 92.8 Å². The molecule has 2 aliphatic heterocycles. The monoisotopic (exact) mass is 352 g/mol. The van der Waals surface area contributed by atoms with Crippen LogP contribution in [0.3, 0.4) is 0 Å². The molecule has 0 aliphatic carbocycles. The van der Waals surface area contributed by atoms with Crippen molar-refractivity contribution >= 4 is 27.6 Å². The molecule has 130 valence electrons. The average molecular weight is 352 g/mol. The molecule has 0 bridgehead atoms. The maximum Gasteiger partial charge on any atom is 0.309 e. The van der Waals surface area contributed by atoms with Crippen LogP contribution in [0.25, 0.3) is 0 Å². The molecule has 1 aromatic rings. The Morgan fingerprint density at radius 3 is 2.71 bits per heavy atom. The second-order valence-electron chi connectivity index (χ2n) is 5.97. The number of nitrogens with zero attached hydrogens (tertiary/aromatic N) is 1. The van der Waals surface area contributed by atoms with Gasteiger partial charge in [0.05, 0.1) is 23.8 Å². The Kier molecular flexibility index (Phi) is 4.60. The predicted octanol–water partition coefficient (Wildman–Crippen LogP) is 1.14. The highest BCUT2D eigenvalue weighted by Gasteiger charge is 2.33. The summed E-state index contributed by atoms with van der Waals surface area (Å²) in [6.45, 7) is 2.67. The van der Waals surface area contributed by atoms with Crippen LogP contribution in [0.1, 0.15) is 25.3 Å². The molecule has 1 amide bonds. The van der Waals surface area contributed by atoms with Gasteiger partial charge in [-0.2, -0.15) is 4.31 Å². The number of hydrogen-bond acceptors (Lipinski definition) is 5. The van der Waals surface area contributed by atoms with Crippen molar-refractivity contribution in [3.8, 4) is 0 Å². The molecule has 8 heteroatoms. The number of benzene rings is 1. The number of amides is 1.